The van der Waals surface area contributed by atoms with Crippen LogP contribution in [0.5, 0.6) is 5.75 Å². The predicted octanol–water partition coefficient (Wildman–Crippen LogP) is 2.31. The molecule has 2 aliphatic rings. The number of aliphatic hydroxyl groups excluding tert-OH is 1. The van der Waals surface area contributed by atoms with Crippen LogP contribution in [-0.2, 0) is 4.79 Å². The van der Waals surface area contributed by atoms with Crippen LogP contribution in [0.15, 0.2) is 24.3 Å². The van der Waals surface area contributed by atoms with Crippen LogP contribution < -0.4 is 4.74 Å². The van der Waals surface area contributed by atoms with Crippen LogP contribution in [0.1, 0.15) is 44.1 Å². The molecule has 1 amide bonds. The predicted molar refractivity (Wildman–Crippen MR) is 80.3 cm³/mol. The van der Waals surface area contributed by atoms with Gasteiger partial charge in [0.2, 0.25) is 0 Å². The molecule has 3 unspecified atom stereocenters. The minimum Gasteiger partial charge on any atom is -0.480 e. The average Bonchev–Trinajstić information content (AvgIpc) is 3.10. The van der Waals surface area contributed by atoms with Gasteiger partial charge in [-0.25, -0.2) is 0 Å². The van der Waals surface area contributed by atoms with Crippen LogP contribution in [0.2, 0.25) is 0 Å². The van der Waals surface area contributed by atoms with Gasteiger partial charge in [0, 0.05) is 30.7 Å². The normalized spacial score (nSPS) is 27.5. The van der Waals surface area contributed by atoms with Crippen molar-refractivity contribution in [3.8, 4) is 5.75 Å². The second-order valence-electron chi connectivity index (χ2n) is 6.06. The van der Waals surface area contributed by atoms with Crippen LogP contribution in [0.4, 0.5) is 0 Å². The molecule has 0 spiro atoms. The smallest absolute Gasteiger partial charge is 0.264 e. The van der Waals surface area contributed by atoms with Crippen LogP contribution >= 0.6 is 0 Å². The van der Waals surface area contributed by atoms with Gasteiger partial charge in [-0.05, 0) is 31.7 Å². The summed E-state index contributed by atoms with van der Waals surface area (Å²) in [7, 11) is 0. The number of aliphatic hydroxyl groups is 1. The first-order valence-corrected chi connectivity index (χ1v) is 7.89. The molecule has 4 nitrogen and oxygen atoms in total. The van der Waals surface area contributed by atoms with E-state index in [1.165, 1.54) is 0 Å². The van der Waals surface area contributed by atoms with Crippen LogP contribution in [0.25, 0.3) is 0 Å². The zero-order valence-corrected chi connectivity index (χ0v) is 12.5. The van der Waals surface area contributed by atoms with Crippen molar-refractivity contribution in [2.24, 2.45) is 0 Å². The monoisotopic (exact) mass is 289 g/mol. The number of fused-ring (bicyclic) bond motifs is 1. The Morgan fingerprint density at radius 2 is 2.24 bits per heavy atom. The maximum atomic E-state index is 12.8. The fraction of sp³-hybridized carbons (Fsp3) is 0.588. The van der Waals surface area contributed by atoms with Gasteiger partial charge in [0.15, 0.2) is 6.10 Å². The molecule has 0 radical (unpaired) electrons. The molecule has 4 heteroatoms. The van der Waals surface area contributed by atoms with E-state index in [9.17, 15) is 4.79 Å². The van der Waals surface area contributed by atoms with Gasteiger partial charge in [-0.1, -0.05) is 25.1 Å². The summed E-state index contributed by atoms with van der Waals surface area (Å²) in [5.41, 5.74) is 1.13. The third-order valence-corrected chi connectivity index (χ3v) is 4.72. The lowest BCUT2D eigenvalue weighted by atomic mass is 9.96. The van der Waals surface area contributed by atoms with Gasteiger partial charge in [-0.2, -0.15) is 0 Å². The topological polar surface area (TPSA) is 49.8 Å². The first-order valence-electron chi connectivity index (χ1n) is 7.89. The molecule has 2 heterocycles. The van der Waals surface area contributed by atoms with Crippen molar-refractivity contribution in [3.05, 3.63) is 29.8 Å². The van der Waals surface area contributed by atoms with Crippen molar-refractivity contribution in [1.29, 1.82) is 0 Å². The highest BCUT2D eigenvalue weighted by molar-refractivity contribution is 5.84. The van der Waals surface area contributed by atoms with Crippen LogP contribution in [0.3, 0.4) is 0 Å². The Kier molecular flexibility index (Phi) is 4.15. The molecule has 0 saturated carbocycles. The van der Waals surface area contributed by atoms with Gasteiger partial charge in [0.05, 0.1) is 0 Å². The maximum Gasteiger partial charge on any atom is 0.264 e. The Labute approximate surface area is 125 Å². The van der Waals surface area contributed by atoms with Crippen molar-refractivity contribution >= 4 is 5.91 Å². The first kappa shape index (κ1) is 14.4. The minimum atomic E-state index is -0.392. The molecule has 3 atom stereocenters. The summed E-state index contributed by atoms with van der Waals surface area (Å²) in [6.45, 7) is 3.07. The lowest BCUT2D eigenvalue weighted by molar-refractivity contribution is -0.139. The van der Waals surface area contributed by atoms with E-state index in [0.29, 0.717) is 0 Å². The summed E-state index contributed by atoms with van der Waals surface area (Å²) < 4.78 is 5.91. The fourth-order valence-corrected chi connectivity index (χ4v) is 3.55. The highest BCUT2D eigenvalue weighted by Crippen LogP contribution is 2.39. The second-order valence-corrected chi connectivity index (χ2v) is 6.06. The molecule has 0 aliphatic carbocycles. The molecule has 2 aliphatic heterocycles. The number of hydrogen-bond acceptors (Lipinski definition) is 3. The maximum absolute atomic E-state index is 12.8. The van der Waals surface area contributed by atoms with Gasteiger partial charge < -0.3 is 14.7 Å². The molecule has 1 fully saturated rings. The number of ether oxygens (including phenoxy) is 1. The van der Waals surface area contributed by atoms with E-state index in [-0.39, 0.29) is 24.5 Å². The van der Waals surface area contributed by atoms with Crippen molar-refractivity contribution in [2.45, 2.75) is 50.7 Å². The Morgan fingerprint density at radius 3 is 3.00 bits per heavy atom. The molecule has 1 aromatic rings. The minimum absolute atomic E-state index is 0.104. The largest absolute Gasteiger partial charge is 0.480 e. The number of nitrogens with zero attached hydrogens (tertiary/aromatic N) is 1. The fourth-order valence-electron chi connectivity index (χ4n) is 3.55. The average molecular weight is 289 g/mol. The van der Waals surface area contributed by atoms with Crippen molar-refractivity contribution in [1.82, 2.24) is 4.90 Å². The Hall–Kier alpha value is -1.55. The summed E-state index contributed by atoms with van der Waals surface area (Å²) in [6.07, 6.45) is 3.35. The number of likely N-dealkylation sites (tertiary alicyclic amines) is 1. The summed E-state index contributed by atoms with van der Waals surface area (Å²) in [6, 6.07) is 8.18. The number of benzene rings is 1. The molecular weight excluding hydrogens is 266 g/mol. The number of amides is 1. The molecule has 114 valence electrons. The molecule has 1 aromatic carbocycles. The SMILES string of the molecule is CC1c2ccccc2OC1C(=O)N1CCCC1CCCO. The Bertz CT molecular complexity index is 517. The molecular formula is C17H23NO3. The molecule has 1 saturated heterocycles. The summed E-state index contributed by atoms with van der Waals surface area (Å²) >= 11 is 0. The summed E-state index contributed by atoms with van der Waals surface area (Å²) in [5.74, 6) is 1.06. The zero-order valence-electron chi connectivity index (χ0n) is 12.5. The Morgan fingerprint density at radius 1 is 1.43 bits per heavy atom. The quantitative estimate of drug-likeness (QED) is 0.925. The standard InChI is InChI=1S/C17H23NO3/c1-12-14-8-2-3-9-15(14)21-16(12)17(20)18-10-4-6-13(18)7-5-11-19/h2-3,8-9,12-13,16,19H,4-7,10-11H2,1H3. The number of carbonyl (C=O) groups is 1. The lowest BCUT2D eigenvalue weighted by Crippen LogP contribution is -2.44. The number of carbonyl (C=O) groups excluding carboxylic acids is 1. The van der Waals surface area contributed by atoms with Gasteiger partial charge in [-0.15, -0.1) is 0 Å². The number of rotatable bonds is 4. The van der Waals surface area contributed by atoms with E-state index in [1.807, 2.05) is 29.2 Å². The Balaban J connectivity index is 1.71. The summed E-state index contributed by atoms with van der Waals surface area (Å²) in [4.78, 5) is 14.8. The molecule has 0 bridgehead atoms. The molecule has 0 aromatic heterocycles. The molecule has 3 rings (SSSR count). The van der Waals surface area contributed by atoms with Crippen molar-refractivity contribution in [2.75, 3.05) is 13.2 Å². The lowest BCUT2D eigenvalue weighted by Gasteiger charge is -2.28. The van der Waals surface area contributed by atoms with E-state index in [4.69, 9.17) is 9.84 Å². The van der Waals surface area contributed by atoms with E-state index in [0.717, 1.165) is 43.5 Å². The first-order chi connectivity index (χ1) is 10.2. The third kappa shape index (κ3) is 2.64. The van der Waals surface area contributed by atoms with E-state index in [1.54, 1.807) is 0 Å². The number of hydrogen-bond donors (Lipinski definition) is 1. The van der Waals surface area contributed by atoms with E-state index in [2.05, 4.69) is 6.92 Å². The van der Waals surface area contributed by atoms with E-state index < -0.39 is 6.10 Å². The van der Waals surface area contributed by atoms with Gasteiger partial charge >= 0.3 is 0 Å². The highest BCUT2D eigenvalue weighted by Gasteiger charge is 2.41. The summed E-state index contributed by atoms with van der Waals surface area (Å²) in [5, 5.41) is 9.00. The third-order valence-electron chi connectivity index (χ3n) is 4.72. The number of para-hydroxylation sites is 1. The van der Waals surface area contributed by atoms with Crippen LogP contribution in [0, 0.1) is 0 Å². The second kappa shape index (κ2) is 6.06. The van der Waals surface area contributed by atoms with Crippen molar-refractivity contribution < 1.29 is 14.6 Å². The molecule has 21 heavy (non-hydrogen) atoms. The van der Waals surface area contributed by atoms with Gasteiger partial charge in [0.25, 0.3) is 5.91 Å². The van der Waals surface area contributed by atoms with Crippen molar-refractivity contribution in [3.63, 3.8) is 0 Å². The zero-order chi connectivity index (χ0) is 14.8. The highest BCUT2D eigenvalue weighted by atomic mass is 16.5. The van der Waals surface area contributed by atoms with Gasteiger partial charge in [0.1, 0.15) is 5.75 Å². The van der Waals surface area contributed by atoms with Crippen LogP contribution in [-0.4, -0.2) is 41.2 Å². The van der Waals surface area contributed by atoms with Gasteiger partial charge in [-0.3, -0.25) is 4.79 Å². The van der Waals surface area contributed by atoms with E-state index >= 15 is 0 Å². The molecule has 1 N–H and O–H groups in total.